The fourth-order valence-electron chi connectivity index (χ4n) is 3.77. The number of benzene rings is 2. The Morgan fingerprint density at radius 1 is 1.27 bits per heavy atom. The van der Waals surface area contributed by atoms with Crippen molar-refractivity contribution in [3.8, 4) is 0 Å². The Kier molecular flexibility index (Phi) is 5.97. The van der Waals surface area contributed by atoms with Gasteiger partial charge < -0.3 is 20.7 Å². The van der Waals surface area contributed by atoms with E-state index >= 15 is 0 Å². The molecule has 3 N–H and O–H groups in total. The molecule has 1 saturated heterocycles. The number of hydrogen-bond donors (Lipinski definition) is 2. The molecular weight excluding hydrogens is 403 g/mol. The van der Waals surface area contributed by atoms with Crippen molar-refractivity contribution in [2.45, 2.75) is 18.9 Å². The molecular formula is C22H25FN4O2S. The molecule has 6 nitrogen and oxygen atoms in total. The number of ether oxygens (including phenoxy) is 1. The van der Waals surface area contributed by atoms with Gasteiger partial charge in [-0.05, 0) is 49.7 Å². The van der Waals surface area contributed by atoms with Gasteiger partial charge in [-0.15, -0.1) is 0 Å². The Morgan fingerprint density at radius 2 is 2.07 bits per heavy atom. The van der Waals surface area contributed by atoms with Gasteiger partial charge in [0.25, 0.3) is 5.91 Å². The molecule has 1 amide bonds. The van der Waals surface area contributed by atoms with Crippen LogP contribution in [0, 0.1) is 5.82 Å². The second kappa shape index (κ2) is 8.65. The molecule has 1 fully saturated rings. The zero-order valence-corrected chi connectivity index (χ0v) is 17.7. The molecule has 4 rings (SSSR count). The van der Waals surface area contributed by atoms with E-state index in [-0.39, 0.29) is 11.7 Å². The summed E-state index contributed by atoms with van der Waals surface area (Å²) in [6, 6.07) is 12.1. The van der Waals surface area contributed by atoms with E-state index in [1.165, 1.54) is 17.8 Å². The van der Waals surface area contributed by atoms with Crippen molar-refractivity contribution in [2.75, 3.05) is 42.3 Å². The van der Waals surface area contributed by atoms with Crippen molar-refractivity contribution in [1.29, 1.82) is 0 Å². The number of carbonyl (C=O) groups is 1. The van der Waals surface area contributed by atoms with Crippen LogP contribution in [0.25, 0.3) is 0 Å². The first-order valence-electron chi connectivity index (χ1n) is 9.97. The number of hydrogen-bond acceptors (Lipinski definition) is 6. The van der Waals surface area contributed by atoms with Gasteiger partial charge in [0.2, 0.25) is 0 Å². The van der Waals surface area contributed by atoms with E-state index in [2.05, 4.69) is 15.2 Å². The van der Waals surface area contributed by atoms with Gasteiger partial charge in [-0.3, -0.25) is 9.79 Å². The zero-order valence-electron chi connectivity index (χ0n) is 16.9. The van der Waals surface area contributed by atoms with E-state index in [0.29, 0.717) is 41.6 Å². The van der Waals surface area contributed by atoms with Crippen LogP contribution in [0.3, 0.4) is 0 Å². The number of morpholine rings is 1. The molecule has 158 valence electrons. The minimum Gasteiger partial charge on any atom is -0.379 e. The van der Waals surface area contributed by atoms with Crippen LogP contribution in [0.5, 0.6) is 0 Å². The van der Waals surface area contributed by atoms with Crippen molar-refractivity contribution in [3.63, 3.8) is 0 Å². The quantitative estimate of drug-likeness (QED) is 0.778. The molecule has 2 aromatic carbocycles. The highest BCUT2D eigenvalue weighted by atomic mass is 32.2. The fourth-order valence-corrected chi connectivity index (χ4v) is 4.74. The second-order valence-electron chi connectivity index (χ2n) is 7.62. The van der Waals surface area contributed by atoms with Crippen LogP contribution in [0.2, 0.25) is 0 Å². The third kappa shape index (κ3) is 4.44. The summed E-state index contributed by atoms with van der Waals surface area (Å²) in [6.07, 6.45) is 0.675. The van der Waals surface area contributed by atoms with E-state index in [1.807, 2.05) is 25.1 Å². The predicted octanol–water partition coefficient (Wildman–Crippen LogP) is 3.58. The molecule has 0 aromatic heterocycles. The molecule has 0 radical (unpaired) electrons. The average molecular weight is 429 g/mol. The lowest BCUT2D eigenvalue weighted by molar-refractivity contribution is 0.102. The third-order valence-corrected chi connectivity index (χ3v) is 6.28. The first-order valence-corrected chi connectivity index (χ1v) is 11.0. The van der Waals surface area contributed by atoms with E-state index in [9.17, 15) is 9.18 Å². The number of amides is 1. The smallest absolute Gasteiger partial charge is 0.255 e. The van der Waals surface area contributed by atoms with E-state index in [1.54, 1.807) is 18.2 Å². The Balaban J connectivity index is 1.55. The van der Waals surface area contributed by atoms with E-state index in [0.717, 1.165) is 24.5 Å². The molecule has 2 aromatic rings. The molecule has 2 heterocycles. The van der Waals surface area contributed by atoms with Crippen LogP contribution < -0.4 is 16.0 Å². The fraction of sp³-hybridized carbons (Fsp3) is 0.364. The first kappa shape index (κ1) is 20.7. The summed E-state index contributed by atoms with van der Waals surface area (Å²) in [5.74, 6) is 0.180. The van der Waals surface area contributed by atoms with Crippen LogP contribution in [0.4, 0.5) is 15.8 Å². The molecule has 2 aliphatic heterocycles. The molecule has 1 atom stereocenters. The van der Waals surface area contributed by atoms with Crippen LogP contribution >= 0.6 is 11.8 Å². The summed E-state index contributed by atoms with van der Waals surface area (Å²) in [4.78, 5) is 19.5. The van der Waals surface area contributed by atoms with E-state index in [4.69, 9.17) is 10.5 Å². The number of thioether (sulfide) groups is 1. The summed E-state index contributed by atoms with van der Waals surface area (Å²) in [7, 11) is 0. The lowest BCUT2D eigenvalue weighted by Gasteiger charge is -2.30. The summed E-state index contributed by atoms with van der Waals surface area (Å²) < 4.78 is 20.0. The van der Waals surface area contributed by atoms with Gasteiger partial charge >= 0.3 is 0 Å². The van der Waals surface area contributed by atoms with Crippen LogP contribution in [-0.2, 0) is 10.3 Å². The molecule has 0 aliphatic carbocycles. The van der Waals surface area contributed by atoms with Gasteiger partial charge in [0.1, 0.15) is 5.82 Å². The highest BCUT2D eigenvalue weighted by Gasteiger charge is 2.32. The molecule has 8 heteroatoms. The minimum absolute atomic E-state index is 0.241. The molecule has 0 bridgehead atoms. The number of carbonyl (C=O) groups excluding carboxylic acids is 1. The van der Waals surface area contributed by atoms with Gasteiger partial charge in [-0.2, -0.15) is 0 Å². The van der Waals surface area contributed by atoms with Crippen molar-refractivity contribution < 1.29 is 13.9 Å². The predicted molar refractivity (Wildman–Crippen MR) is 120 cm³/mol. The summed E-state index contributed by atoms with van der Waals surface area (Å²) in [5, 5.41) is 3.35. The maximum Gasteiger partial charge on any atom is 0.255 e. The Morgan fingerprint density at radius 3 is 2.83 bits per heavy atom. The summed E-state index contributed by atoms with van der Waals surface area (Å²) >= 11 is 1.47. The molecule has 30 heavy (non-hydrogen) atoms. The molecule has 2 aliphatic rings. The number of nitrogens with one attached hydrogen (secondary N) is 1. The van der Waals surface area contributed by atoms with Crippen LogP contribution in [0.1, 0.15) is 29.3 Å². The maximum atomic E-state index is 14.6. The Labute approximate surface area is 179 Å². The van der Waals surface area contributed by atoms with Gasteiger partial charge in [0.05, 0.1) is 18.8 Å². The number of aliphatic imine (C=N–C) groups is 1. The number of nitrogens with zero attached hydrogens (tertiary/aromatic N) is 2. The number of rotatable bonds is 4. The second-order valence-corrected chi connectivity index (χ2v) is 8.74. The molecule has 0 spiro atoms. The number of halogens is 1. The molecule has 0 saturated carbocycles. The zero-order chi connectivity index (χ0) is 21.1. The SMILES string of the molecule is CC1(c2cc(NC(=O)c3cccc(N4CCOCC4)c3)ccc2F)CCSC(N)=N1. The van der Waals surface area contributed by atoms with Crippen molar-refractivity contribution >= 4 is 34.2 Å². The normalized spacial score (nSPS) is 21.8. The molecule has 1 unspecified atom stereocenters. The minimum atomic E-state index is -0.740. The lowest BCUT2D eigenvalue weighted by Crippen LogP contribution is -2.36. The number of amidine groups is 1. The largest absolute Gasteiger partial charge is 0.379 e. The third-order valence-electron chi connectivity index (χ3n) is 5.48. The Hall–Kier alpha value is -2.58. The van der Waals surface area contributed by atoms with E-state index < -0.39 is 5.54 Å². The van der Waals surface area contributed by atoms with Gasteiger partial charge in [0, 0.05) is 41.3 Å². The van der Waals surface area contributed by atoms with Crippen molar-refractivity contribution in [2.24, 2.45) is 10.7 Å². The first-order chi connectivity index (χ1) is 14.4. The standard InChI is InChI=1S/C22H25FN4O2S/c1-22(7-12-30-21(24)26-22)18-14-16(5-6-19(18)23)25-20(28)15-3-2-4-17(13-15)27-8-10-29-11-9-27/h2-6,13-14H,7-12H2,1H3,(H2,24,26)(H,25,28). The number of nitrogens with two attached hydrogens (primary N) is 1. The summed E-state index contributed by atoms with van der Waals surface area (Å²) in [5.41, 5.74) is 7.64. The van der Waals surface area contributed by atoms with Gasteiger partial charge in [-0.25, -0.2) is 4.39 Å². The Bertz CT molecular complexity index is 977. The maximum absolute atomic E-state index is 14.6. The number of anilines is 2. The van der Waals surface area contributed by atoms with Crippen LogP contribution in [-0.4, -0.2) is 43.1 Å². The highest BCUT2D eigenvalue weighted by molar-refractivity contribution is 8.13. The van der Waals surface area contributed by atoms with Gasteiger partial charge in [-0.1, -0.05) is 17.8 Å². The summed E-state index contributed by atoms with van der Waals surface area (Å²) in [6.45, 7) is 4.83. The van der Waals surface area contributed by atoms with Crippen molar-refractivity contribution in [1.82, 2.24) is 0 Å². The topological polar surface area (TPSA) is 80.0 Å². The van der Waals surface area contributed by atoms with Crippen LogP contribution in [0.15, 0.2) is 47.5 Å². The highest BCUT2D eigenvalue weighted by Crippen LogP contribution is 2.37. The lowest BCUT2D eigenvalue weighted by atomic mass is 9.89. The van der Waals surface area contributed by atoms with Gasteiger partial charge in [0.15, 0.2) is 5.17 Å². The monoisotopic (exact) mass is 428 g/mol. The average Bonchev–Trinajstić information content (AvgIpc) is 2.75. The van der Waals surface area contributed by atoms with Crippen molar-refractivity contribution in [3.05, 3.63) is 59.4 Å².